The van der Waals surface area contributed by atoms with Gasteiger partial charge in [0.25, 0.3) is 0 Å². The molecule has 84 valence electrons. The van der Waals surface area contributed by atoms with E-state index in [0.717, 1.165) is 24.2 Å². The molecule has 1 aliphatic rings. The first-order chi connectivity index (χ1) is 7.66. The number of fused-ring (bicyclic) bond motifs is 1. The average molecular weight is 218 g/mol. The lowest BCUT2D eigenvalue weighted by Gasteiger charge is -2.03. The van der Waals surface area contributed by atoms with Crippen LogP contribution in [0.15, 0.2) is 15.4 Å². The van der Waals surface area contributed by atoms with Crippen LogP contribution in [-0.4, -0.2) is 10.1 Å². The number of hydrogen-bond donors (Lipinski definition) is 1. The van der Waals surface area contributed by atoms with Crippen molar-refractivity contribution < 1.29 is 4.52 Å². The molecule has 2 aromatic heterocycles. The van der Waals surface area contributed by atoms with Crippen molar-refractivity contribution in [2.24, 2.45) is 0 Å². The van der Waals surface area contributed by atoms with Gasteiger partial charge in [-0.3, -0.25) is 4.79 Å². The highest BCUT2D eigenvalue weighted by atomic mass is 16.5. The Morgan fingerprint density at radius 1 is 1.50 bits per heavy atom. The second-order valence-electron chi connectivity index (χ2n) is 4.79. The minimum Gasteiger partial charge on any atom is -0.337 e. The molecule has 0 aromatic carbocycles. The summed E-state index contributed by atoms with van der Waals surface area (Å²) in [7, 11) is 0. The van der Waals surface area contributed by atoms with Gasteiger partial charge in [0.2, 0.25) is 5.71 Å². The van der Waals surface area contributed by atoms with E-state index in [2.05, 4.69) is 10.1 Å². The Kier molecular flexibility index (Phi) is 1.93. The Bertz CT molecular complexity index is 591. The van der Waals surface area contributed by atoms with Gasteiger partial charge in [0.1, 0.15) is 11.1 Å². The fourth-order valence-electron chi connectivity index (χ4n) is 1.95. The van der Waals surface area contributed by atoms with Crippen LogP contribution in [0.5, 0.6) is 0 Å². The summed E-state index contributed by atoms with van der Waals surface area (Å²) in [6.45, 7) is 4.07. The van der Waals surface area contributed by atoms with Crippen molar-refractivity contribution in [3.8, 4) is 0 Å². The number of rotatable bonds is 2. The summed E-state index contributed by atoms with van der Waals surface area (Å²) in [6.07, 6.45) is 2.24. The topological polar surface area (TPSA) is 58.9 Å². The number of nitrogens with zero attached hydrogens (tertiary/aromatic N) is 1. The van der Waals surface area contributed by atoms with Gasteiger partial charge in [-0.05, 0) is 18.8 Å². The zero-order valence-corrected chi connectivity index (χ0v) is 9.41. The van der Waals surface area contributed by atoms with Crippen LogP contribution in [0.4, 0.5) is 0 Å². The second-order valence-corrected chi connectivity index (χ2v) is 4.79. The van der Waals surface area contributed by atoms with E-state index in [-0.39, 0.29) is 11.3 Å². The van der Waals surface area contributed by atoms with E-state index in [9.17, 15) is 4.79 Å². The molecule has 1 N–H and O–H groups in total. The van der Waals surface area contributed by atoms with Crippen LogP contribution in [0.2, 0.25) is 0 Å². The van der Waals surface area contributed by atoms with Crippen LogP contribution in [0.25, 0.3) is 11.1 Å². The van der Waals surface area contributed by atoms with Gasteiger partial charge < -0.3 is 9.51 Å². The highest BCUT2D eigenvalue weighted by molar-refractivity contribution is 5.76. The molecule has 16 heavy (non-hydrogen) atoms. The minimum absolute atomic E-state index is 0.0283. The van der Waals surface area contributed by atoms with Crippen molar-refractivity contribution in [3.63, 3.8) is 0 Å². The van der Waals surface area contributed by atoms with Gasteiger partial charge in [0.05, 0.1) is 0 Å². The second kappa shape index (κ2) is 3.20. The van der Waals surface area contributed by atoms with E-state index in [4.69, 9.17) is 4.52 Å². The standard InChI is InChI=1S/C12H14N2O2/c1-6(2)8-5-9(15)10-11(7-3-4-7)14-16-12(10)13-8/h5-7H,3-4H2,1-2H3,(H,13,15). The summed E-state index contributed by atoms with van der Waals surface area (Å²) in [6, 6.07) is 1.66. The van der Waals surface area contributed by atoms with Crippen molar-refractivity contribution in [1.82, 2.24) is 10.1 Å². The van der Waals surface area contributed by atoms with Crippen LogP contribution >= 0.6 is 0 Å². The molecule has 2 heterocycles. The summed E-state index contributed by atoms with van der Waals surface area (Å²) in [5.41, 5.74) is 2.29. The van der Waals surface area contributed by atoms with E-state index >= 15 is 0 Å². The highest BCUT2D eigenvalue weighted by Gasteiger charge is 2.30. The minimum atomic E-state index is 0.0283. The molecule has 1 saturated carbocycles. The number of pyridine rings is 1. The van der Waals surface area contributed by atoms with Crippen molar-refractivity contribution in [1.29, 1.82) is 0 Å². The monoisotopic (exact) mass is 218 g/mol. The van der Waals surface area contributed by atoms with Gasteiger partial charge >= 0.3 is 0 Å². The van der Waals surface area contributed by atoms with Crippen molar-refractivity contribution in [2.75, 3.05) is 0 Å². The van der Waals surface area contributed by atoms with E-state index in [0.29, 0.717) is 17.0 Å². The first-order valence-electron chi connectivity index (χ1n) is 5.69. The number of aromatic amines is 1. The largest absolute Gasteiger partial charge is 0.337 e. The Labute approximate surface area is 92.6 Å². The molecule has 0 atom stereocenters. The van der Waals surface area contributed by atoms with Gasteiger partial charge in [-0.1, -0.05) is 19.0 Å². The maximum absolute atomic E-state index is 12.0. The number of hydrogen-bond acceptors (Lipinski definition) is 3. The summed E-state index contributed by atoms with van der Waals surface area (Å²) >= 11 is 0. The van der Waals surface area contributed by atoms with Crippen LogP contribution in [0.3, 0.4) is 0 Å². The first kappa shape index (κ1) is 9.63. The SMILES string of the molecule is CC(C)c1cc(=O)c2c(C3CC3)noc2[nH]1. The molecule has 0 amide bonds. The third-order valence-electron chi connectivity index (χ3n) is 3.10. The zero-order chi connectivity index (χ0) is 11.3. The highest BCUT2D eigenvalue weighted by Crippen LogP contribution is 2.41. The Hall–Kier alpha value is -1.58. The van der Waals surface area contributed by atoms with E-state index < -0.39 is 0 Å². The summed E-state index contributed by atoms with van der Waals surface area (Å²) in [5.74, 6) is 0.721. The fourth-order valence-corrected chi connectivity index (χ4v) is 1.95. The van der Waals surface area contributed by atoms with Crippen LogP contribution in [0, 0.1) is 0 Å². The molecule has 0 spiro atoms. The molecular weight excluding hydrogens is 204 g/mol. The molecule has 0 bridgehead atoms. The molecule has 2 aromatic rings. The predicted molar refractivity (Wildman–Crippen MR) is 60.7 cm³/mol. The van der Waals surface area contributed by atoms with Gasteiger partial charge in [-0.15, -0.1) is 0 Å². The van der Waals surface area contributed by atoms with Gasteiger partial charge in [0.15, 0.2) is 5.43 Å². The van der Waals surface area contributed by atoms with Crippen molar-refractivity contribution in [2.45, 2.75) is 38.5 Å². The zero-order valence-electron chi connectivity index (χ0n) is 9.41. The van der Waals surface area contributed by atoms with Gasteiger partial charge in [-0.25, -0.2) is 0 Å². The van der Waals surface area contributed by atoms with Gasteiger partial charge in [0, 0.05) is 17.7 Å². The van der Waals surface area contributed by atoms with Crippen molar-refractivity contribution >= 4 is 11.1 Å². The third-order valence-corrected chi connectivity index (χ3v) is 3.10. The van der Waals surface area contributed by atoms with E-state index in [1.807, 2.05) is 13.8 Å². The lowest BCUT2D eigenvalue weighted by molar-refractivity contribution is 0.438. The quantitative estimate of drug-likeness (QED) is 0.842. The van der Waals surface area contributed by atoms with E-state index in [1.54, 1.807) is 6.07 Å². The van der Waals surface area contributed by atoms with Crippen LogP contribution in [-0.2, 0) is 0 Å². The summed E-state index contributed by atoms with van der Waals surface area (Å²) in [5, 5.41) is 4.66. The smallest absolute Gasteiger partial charge is 0.240 e. The molecule has 0 saturated heterocycles. The molecule has 4 nitrogen and oxygen atoms in total. The molecule has 1 aliphatic carbocycles. The number of aromatic nitrogens is 2. The molecule has 0 radical (unpaired) electrons. The lowest BCUT2D eigenvalue weighted by atomic mass is 10.1. The van der Waals surface area contributed by atoms with Gasteiger partial charge in [-0.2, -0.15) is 0 Å². The number of H-pyrrole nitrogens is 1. The maximum atomic E-state index is 12.0. The van der Waals surface area contributed by atoms with Crippen LogP contribution < -0.4 is 5.43 Å². The molecule has 4 heteroatoms. The van der Waals surface area contributed by atoms with E-state index in [1.165, 1.54) is 0 Å². The van der Waals surface area contributed by atoms with Crippen LogP contribution in [0.1, 0.15) is 49.9 Å². The fraction of sp³-hybridized carbons (Fsp3) is 0.500. The Balaban J connectivity index is 2.26. The number of nitrogens with one attached hydrogen (secondary N) is 1. The molecule has 3 rings (SSSR count). The first-order valence-corrected chi connectivity index (χ1v) is 5.69. The lowest BCUT2D eigenvalue weighted by Crippen LogP contribution is -2.06. The maximum Gasteiger partial charge on any atom is 0.240 e. The summed E-state index contributed by atoms with van der Waals surface area (Å²) in [4.78, 5) is 15.1. The molecule has 0 aliphatic heterocycles. The average Bonchev–Trinajstić information content (AvgIpc) is 2.98. The normalized spacial score (nSPS) is 16.2. The predicted octanol–water partition coefficient (Wildman–Crippen LogP) is 2.52. The third kappa shape index (κ3) is 1.37. The Morgan fingerprint density at radius 2 is 2.25 bits per heavy atom. The Morgan fingerprint density at radius 3 is 2.88 bits per heavy atom. The molecule has 0 unspecified atom stereocenters. The molecular formula is C12H14N2O2. The van der Waals surface area contributed by atoms with Crippen molar-refractivity contribution in [3.05, 3.63) is 27.7 Å². The summed E-state index contributed by atoms with van der Waals surface area (Å²) < 4.78 is 5.22. The molecule has 1 fully saturated rings.